The number of amides is 1. The van der Waals surface area contributed by atoms with E-state index in [1.165, 1.54) is 353 Å². The second-order valence-corrected chi connectivity index (χ2v) is 26.0. The number of carbonyl (C=O) groups excluding carboxylic acids is 2. The number of aliphatic hydroxyl groups excluding tert-OH is 2. The summed E-state index contributed by atoms with van der Waals surface area (Å²) >= 11 is 0. The van der Waals surface area contributed by atoms with E-state index < -0.39 is 12.1 Å². The van der Waals surface area contributed by atoms with E-state index in [1.807, 2.05) is 0 Å². The van der Waals surface area contributed by atoms with Gasteiger partial charge in [0.15, 0.2) is 0 Å². The van der Waals surface area contributed by atoms with Crippen molar-refractivity contribution in [2.75, 3.05) is 13.2 Å². The smallest absolute Gasteiger partial charge is 0.305 e. The maximum atomic E-state index is 12.5. The lowest BCUT2D eigenvalue weighted by molar-refractivity contribution is -0.143. The highest BCUT2D eigenvalue weighted by atomic mass is 16.5. The minimum atomic E-state index is -0.659. The molecule has 0 spiro atoms. The Morgan fingerprint density at radius 2 is 0.573 bits per heavy atom. The van der Waals surface area contributed by atoms with Crippen LogP contribution in [0.5, 0.6) is 0 Å². The number of unbranched alkanes of at least 4 members (excludes halogenated alkanes) is 56. The summed E-state index contributed by atoms with van der Waals surface area (Å²) in [5.74, 6) is -0.0110. The first-order valence-corrected chi connectivity index (χ1v) is 37.6. The number of hydrogen-bond acceptors (Lipinski definition) is 5. The van der Waals surface area contributed by atoms with E-state index in [1.54, 1.807) is 0 Å². The lowest BCUT2D eigenvalue weighted by Gasteiger charge is -2.22. The number of allylic oxidation sites excluding steroid dienone is 4. The Kier molecular flexibility index (Phi) is 70.4. The maximum Gasteiger partial charge on any atom is 0.305 e. The Labute approximate surface area is 513 Å². The van der Waals surface area contributed by atoms with Gasteiger partial charge in [-0.05, 0) is 77.0 Å². The fourth-order valence-electron chi connectivity index (χ4n) is 12.0. The zero-order chi connectivity index (χ0) is 59.2. The zero-order valence-electron chi connectivity index (χ0n) is 55.8. The summed E-state index contributed by atoms with van der Waals surface area (Å²) in [5.41, 5.74) is 0. The average molecular weight is 1160 g/mol. The molecule has 0 aromatic rings. The Morgan fingerprint density at radius 1 is 0.329 bits per heavy atom. The maximum absolute atomic E-state index is 12.5. The van der Waals surface area contributed by atoms with Gasteiger partial charge in [-0.2, -0.15) is 0 Å². The molecular weight excluding hydrogens is 1010 g/mol. The molecular formula is C76H147NO5. The first-order valence-electron chi connectivity index (χ1n) is 37.6. The molecule has 82 heavy (non-hydrogen) atoms. The van der Waals surface area contributed by atoms with Gasteiger partial charge in [0, 0.05) is 12.8 Å². The van der Waals surface area contributed by atoms with Gasteiger partial charge in [0.25, 0.3) is 0 Å². The van der Waals surface area contributed by atoms with Crippen molar-refractivity contribution in [3.05, 3.63) is 24.3 Å². The molecule has 1 amide bonds. The molecule has 0 saturated heterocycles. The summed E-state index contributed by atoms with van der Waals surface area (Å²) in [6, 6.07) is -0.536. The average Bonchev–Trinajstić information content (AvgIpc) is 3.48. The molecule has 0 heterocycles. The molecule has 3 N–H and O–H groups in total. The molecule has 6 nitrogen and oxygen atoms in total. The van der Waals surface area contributed by atoms with Crippen molar-refractivity contribution in [3.8, 4) is 0 Å². The molecule has 0 rings (SSSR count). The summed E-state index contributed by atoms with van der Waals surface area (Å²) in [4.78, 5) is 24.6. The van der Waals surface area contributed by atoms with Crippen LogP contribution in [-0.4, -0.2) is 47.4 Å². The van der Waals surface area contributed by atoms with E-state index in [4.69, 9.17) is 4.74 Å². The van der Waals surface area contributed by atoms with Gasteiger partial charge >= 0.3 is 5.97 Å². The van der Waals surface area contributed by atoms with Crippen LogP contribution in [0.15, 0.2) is 24.3 Å². The number of nitrogens with one attached hydrogen (secondary N) is 1. The molecule has 0 radical (unpaired) electrons. The number of ether oxygens (including phenoxy) is 1. The molecule has 0 aliphatic carbocycles. The molecule has 6 heteroatoms. The fourth-order valence-corrected chi connectivity index (χ4v) is 12.0. The number of aliphatic hydroxyl groups is 2. The van der Waals surface area contributed by atoms with Crippen molar-refractivity contribution in [3.63, 3.8) is 0 Å². The minimum Gasteiger partial charge on any atom is -0.466 e. The van der Waals surface area contributed by atoms with Crippen LogP contribution < -0.4 is 5.32 Å². The molecule has 0 saturated carbocycles. The van der Waals surface area contributed by atoms with Gasteiger partial charge in [-0.15, -0.1) is 0 Å². The van der Waals surface area contributed by atoms with Crippen LogP contribution in [0, 0.1) is 0 Å². The standard InChI is InChI=1S/C76H147NO5/c1-3-5-7-9-11-13-15-16-17-39-43-46-50-54-58-62-66-70-76(81)82-71-67-63-59-55-51-47-44-41-38-36-34-32-30-28-26-24-22-20-18-19-21-23-25-27-29-31-33-35-37-40-42-45-49-53-57-61-65-69-75(80)77-73(72-78)74(79)68-64-60-56-52-48-14-12-10-8-6-4-2/h16-18,20,73-74,78-79H,3-15,19,21-72H2,1-2H3,(H,77,80)/b17-16-,20-18-. The molecule has 0 aromatic heterocycles. The summed E-state index contributed by atoms with van der Waals surface area (Å²) in [6.45, 7) is 4.97. The molecule has 0 aromatic carbocycles. The quantitative estimate of drug-likeness (QED) is 0.0320. The molecule has 486 valence electrons. The highest BCUT2D eigenvalue weighted by molar-refractivity contribution is 5.76. The monoisotopic (exact) mass is 1150 g/mol. The topological polar surface area (TPSA) is 95.9 Å². The summed E-state index contributed by atoms with van der Waals surface area (Å²) < 4.78 is 5.51. The zero-order valence-corrected chi connectivity index (χ0v) is 55.8. The third kappa shape index (κ3) is 67.5. The fraction of sp³-hybridized carbons (Fsp3) is 0.921. The van der Waals surface area contributed by atoms with Crippen LogP contribution in [0.4, 0.5) is 0 Å². The van der Waals surface area contributed by atoms with E-state index in [9.17, 15) is 19.8 Å². The van der Waals surface area contributed by atoms with Crippen LogP contribution in [0.2, 0.25) is 0 Å². The Balaban J connectivity index is 3.30. The minimum absolute atomic E-state index is 0.0188. The Morgan fingerprint density at radius 3 is 0.866 bits per heavy atom. The summed E-state index contributed by atoms with van der Waals surface area (Å²) in [6.07, 6.45) is 91.3. The highest BCUT2D eigenvalue weighted by Gasteiger charge is 2.20. The van der Waals surface area contributed by atoms with Gasteiger partial charge in [0.1, 0.15) is 0 Å². The predicted octanol–water partition coefficient (Wildman–Crippen LogP) is 24.5. The van der Waals surface area contributed by atoms with Crippen molar-refractivity contribution in [1.29, 1.82) is 0 Å². The molecule has 0 aliphatic heterocycles. The lowest BCUT2D eigenvalue weighted by Crippen LogP contribution is -2.45. The van der Waals surface area contributed by atoms with Gasteiger partial charge in [0.05, 0.1) is 25.4 Å². The van der Waals surface area contributed by atoms with Crippen LogP contribution in [-0.2, 0) is 14.3 Å². The Bertz CT molecular complexity index is 1280. The van der Waals surface area contributed by atoms with E-state index in [0.29, 0.717) is 25.9 Å². The van der Waals surface area contributed by atoms with E-state index in [-0.39, 0.29) is 18.5 Å². The van der Waals surface area contributed by atoms with Crippen LogP contribution in [0.1, 0.15) is 425 Å². The van der Waals surface area contributed by atoms with Crippen molar-refractivity contribution >= 4 is 11.9 Å². The van der Waals surface area contributed by atoms with Crippen LogP contribution in [0.3, 0.4) is 0 Å². The van der Waals surface area contributed by atoms with Crippen molar-refractivity contribution < 1.29 is 24.5 Å². The van der Waals surface area contributed by atoms with Gasteiger partial charge in [0.2, 0.25) is 5.91 Å². The van der Waals surface area contributed by atoms with Crippen molar-refractivity contribution in [2.45, 2.75) is 437 Å². The molecule has 0 aliphatic rings. The normalized spacial score (nSPS) is 12.6. The second-order valence-electron chi connectivity index (χ2n) is 26.0. The molecule has 2 unspecified atom stereocenters. The molecule has 0 bridgehead atoms. The van der Waals surface area contributed by atoms with E-state index in [2.05, 4.69) is 43.5 Å². The van der Waals surface area contributed by atoms with Gasteiger partial charge < -0.3 is 20.3 Å². The molecule has 2 atom stereocenters. The van der Waals surface area contributed by atoms with Gasteiger partial charge in [-0.25, -0.2) is 0 Å². The van der Waals surface area contributed by atoms with Gasteiger partial charge in [-0.3, -0.25) is 9.59 Å². The van der Waals surface area contributed by atoms with Crippen molar-refractivity contribution in [2.24, 2.45) is 0 Å². The second kappa shape index (κ2) is 71.8. The van der Waals surface area contributed by atoms with Crippen LogP contribution in [0.25, 0.3) is 0 Å². The van der Waals surface area contributed by atoms with Crippen LogP contribution >= 0.6 is 0 Å². The van der Waals surface area contributed by atoms with E-state index in [0.717, 1.165) is 38.5 Å². The van der Waals surface area contributed by atoms with Crippen molar-refractivity contribution in [1.82, 2.24) is 5.32 Å². The number of esters is 1. The number of hydrogen-bond donors (Lipinski definition) is 3. The number of rotatable bonds is 71. The first kappa shape index (κ1) is 80.3. The predicted molar refractivity (Wildman–Crippen MR) is 361 cm³/mol. The molecule has 0 fully saturated rings. The SMILES string of the molecule is CCCCCCCC/C=C\CCCCCCCCCC(=O)OCCCCCCCCCCCCCCCCCC/C=C\CCCCCCCCCCCCCCCCCCCC(=O)NC(CO)C(O)CCCCCCCCCCCCC. The Hall–Kier alpha value is -1.66. The first-order chi connectivity index (χ1) is 40.5. The number of carbonyl (C=O) groups is 2. The largest absolute Gasteiger partial charge is 0.466 e. The van der Waals surface area contributed by atoms with Gasteiger partial charge in [-0.1, -0.05) is 359 Å². The lowest BCUT2D eigenvalue weighted by atomic mass is 10.0. The summed E-state index contributed by atoms with van der Waals surface area (Å²) in [7, 11) is 0. The van der Waals surface area contributed by atoms with E-state index >= 15 is 0 Å². The highest BCUT2D eigenvalue weighted by Crippen LogP contribution is 2.19. The third-order valence-electron chi connectivity index (χ3n) is 17.7. The summed E-state index contributed by atoms with van der Waals surface area (Å²) in [5, 5.41) is 23.2. The third-order valence-corrected chi connectivity index (χ3v) is 17.7.